The maximum absolute atomic E-state index is 12.6. The van der Waals surface area contributed by atoms with Gasteiger partial charge in [-0.25, -0.2) is 5.01 Å². The number of nitrogens with one attached hydrogen (secondary N) is 2. The van der Waals surface area contributed by atoms with Crippen molar-refractivity contribution in [2.45, 2.75) is 12.2 Å². The largest absolute Gasteiger partial charge is 0.507 e. The molecule has 2 amide bonds. The van der Waals surface area contributed by atoms with Gasteiger partial charge >= 0.3 is 0 Å². The van der Waals surface area contributed by atoms with Crippen LogP contribution in [-0.2, 0) is 4.79 Å². The van der Waals surface area contributed by atoms with Crippen LogP contribution in [0.4, 0.5) is 5.69 Å². The highest BCUT2D eigenvalue weighted by Gasteiger charge is 2.38. The molecule has 1 unspecified atom stereocenters. The predicted molar refractivity (Wildman–Crippen MR) is 106 cm³/mol. The number of amides is 2. The van der Waals surface area contributed by atoms with Crippen LogP contribution in [0.2, 0.25) is 0 Å². The predicted octanol–water partition coefficient (Wildman–Crippen LogP) is 2.69. The molecule has 2 aromatic rings. The molecule has 0 radical (unpaired) electrons. The standard InChI is InChI=1S/C18H17N3O3S2/c1-11-5-4-6-12(9-11)19-10-15-17(24)21(18(25)26-15)20-16(23)13-7-2-3-8-14(13)22/h2-9,15,19,22H,10H2,1H3,(H,20,23). The Morgan fingerprint density at radius 2 is 2.04 bits per heavy atom. The quantitative estimate of drug-likeness (QED) is 0.685. The number of phenolic OH excluding ortho intramolecular Hbond substituents is 1. The number of carbonyl (C=O) groups is 2. The van der Waals surface area contributed by atoms with Crippen LogP contribution in [0.5, 0.6) is 5.75 Å². The molecular weight excluding hydrogens is 370 g/mol. The number of anilines is 1. The summed E-state index contributed by atoms with van der Waals surface area (Å²) in [4.78, 5) is 24.8. The van der Waals surface area contributed by atoms with Gasteiger partial charge in [0.05, 0.1) is 5.56 Å². The number of phenols is 1. The van der Waals surface area contributed by atoms with E-state index < -0.39 is 11.2 Å². The molecule has 0 aromatic heterocycles. The van der Waals surface area contributed by atoms with E-state index in [1.54, 1.807) is 12.1 Å². The van der Waals surface area contributed by atoms with Gasteiger partial charge in [0.15, 0.2) is 4.32 Å². The lowest BCUT2D eigenvalue weighted by Gasteiger charge is -2.17. The Balaban J connectivity index is 1.63. The van der Waals surface area contributed by atoms with Gasteiger partial charge in [-0.2, -0.15) is 0 Å². The number of carbonyl (C=O) groups excluding carboxylic acids is 2. The van der Waals surface area contributed by atoms with E-state index in [1.807, 2.05) is 31.2 Å². The summed E-state index contributed by atoms with van der Waals surface area (Å²) in [6, 6.07) is 14.0. The van der Waals surface area contributed by atoms with Crippen molar-refractivity contribution in [3.63, 3.8) is 0 Å². The van der Waals surface area contributed by atoms with Gasteiger partial charge in [-0.1, -0.05) is 48.2 Å². The molecule has 0 bridgehead atoms. The summed E-state index contributed by atoms with van der Waals surface area (Å²) < 4.78 is 0.273. The second-order valence-corrected chi connectivity index (χ2v) is 7.59. The van der Waals surface area contributed by atoms with Gasteiger partial charge in [0, 0.05) is 12.2 Å². The Kier molecular flexibility index (Phi) is 5.43. The molecule has 6 nitrogen and oxygen atoms in total. The first-order valence-electron chi connectivity index (χ1n) is 7.90. The van der Waals surface area contributed by atoms with Crippen molar-refractivity contribution in [2.75, 3.05) is 11.9 Å². The van der Waals surface area contributed by atoms with Crippen LogP contribution in [-0.4, -0.2) is 38.0 Å². The molecule has 1 aliphatic heterocycles. The number of benzene rings is 2. The highest BCUT2D eigenvalue weighted by molar-refractivity contribution is 8.24. The second kappa shape index (κ2) is 7.76. The monoisotopic (exact) mass is 387 g/mol. The summed E-state index contributed by atoms with van der Waals surface area (Å²) in [5.41, 5.74) is 4.58. The van der Waals surface area contributed by atoms with E-state index in [1.165, 1.54) is 23.9 Å². The van der Waals surface area contributed by atoms with E-state index in [4.69, 9.17) is 12.2 Å². The number of thiocarbonyl (C=S) groups is 1. The van der Waals surface area contributed by atoms with Crippen molar-refractivity contribution >= 4 is 45.8 Å². The average molecular weight is 387 g/mol. The number of hydrogen-bond acceptors (Lipinski definition) is 6. The zero-order valence-corrected chi connectivity index (χ0v) is 15.6. The highest BCUT2D eigenvalue weighted by Crippen LogP contribution is 2.27. The third kappa shape index (κ3) is 3.97. The minimum atomic E-state index is -0.591. The zero-order valence-electron chi connectivity index (χ0n) is 13.9. The molecule has 1 atom stereocenters. The topological polar surface area (TPSA) is 81.7 Å². The molecule has 1 aliphatic rings. The number of nitrogens with zero attached hydrogens (tertiary/aromatic N) is 1. The van der Waals surface area contributed by atoms with Crippen molar-refractivity contribution in [1.82, 2.24) is 10.4 Å². The van der Waals surface area contributed by atoms with Gasteiger partial charge in [-0.05, 0) is 36.8 Å². The summed E-state index contributed by atoms with van der Waals surface area (Å²) in [5, 5.41) is 13.6. The number of aromatic hydroxyl groups is 1. The normalized spacial score (nSPS) is 16.7. The molecule has 1 fully saturated rings. The van der Waals surface area contributed by atoms with Crippen LogP contribution in [0.1, 0.15) is 15.9 Å². The molecule has 3 rings (SSSR count). The Hall–Kier alpha value is -2.58. The molecule has 0 saturated carbocycles. The molecule has 134 valence electrons. The van der Waals surface area contributed by atoms with E-state index >= 15 is 0 Å². The van der Waals surface area contributed by atoms with Crippen molar-refractivity contribution < 1.29 is 14.7 Å². The summed E-state index contributed by atoms with van der Waals surface area (Å²) in [6.45, 7) is 2.38. The fourth-order valence-electron chi connectivity index (χ4n) is 2.48. The molecule has 26 heavy (non-hydrogen) atoms. The van der Waals surface area contributed by atoms with E-state index in [0.717, 1.165) is 16.3 Å². The number of thioether (sulfide) groups is 1. The Labute approximate surface area is 160 Å². The maximum atomic E-state index is 12.6. The van der Waals surface area contributed by atoms with Gasteiger partial charge in [0.25, 0.3) is 11.8 Å². The van der Waals surface area contributed by atoms with Crippen molar-refractivity contribution in [3.05, 3.63) is 59.7 Å². The third-order valence-electron chi connectivity index (χ3n) is 3.79. The zero-order chi connectivity index (χ0) is 18.7. The fourth-order valence-corrected chi connectivity index (χ4v) is 3.82. The summed E-state index contributed by atoms with van der Waals surface area (Å²) in [7, 11) is 0. The first kappa shape index (κ1) is 18.2. The summed E-state index contributed by atoms with van der Waals surface area (Å²) in [6.07, 6.45) is 0. The number of hydrogen-bond donors (Lipinski definition) is 3. The lowest BCUT2D eigenvalue weighted by molar-refractivity contribution is -0.127. The molecule has 0 spiro atoms. The van der Waals surface area contributed by atoms with E-state index in [9.17, 15) is 14.7 Å². The Morgan fingerprint density at radius 1 is 1.27 bits per heavy atom. The van der Waals surface area contributed by atoms with E-state index in [0.29, 0.717) is 6.54 Å². The van der Waals surface area contributed by atoms with Gasteiger partial charge in [0.2, 0.25) is 0 Å². The number of rotatable bonds is 5. The van der Waals surface area contributed by atoms with Crippen molar-refractivity contribution in [3.8, 4) is 5.75 Å². The smallest absolute Gasteiger partial charge is 0.273 e. The van der Waals surface area contributed by atoms with E-state index in [-0.39, 0.29) is 21.5 Å². The van der Waals surface area contributed by atoms with Gasteiger partial charge in [0.1, 0.15) is 11.0 Å². The molecule has 0 aliphatic carbocycles. The second-order valence-electron chi connectivity index (χ2n) is 5.75. The molecular formula is C18H17N3O3S2. The van der Waals surface area contributed by atoms with Crippen LogP contribution in [0.15, 0.2) is 48.5 Å². The van der Waals surface area contributed by atoms with Crippen LogP contribution >= 0.6 is 24.0 Å². The highest BCUT2D eigenvalue weighted by atomic mass is 32.2. The molecule has 1 saturated heterocycles. The number of hydrazine groups is 1. The van der Waals surface area contributed by atoms with Crippen LogP contribution in [0, 0.1) is 6.92 Å². The van der Waals surface area contributed by atoms with Gasteiger partial charge < -0.3 is 10.4 Å². The van der Waals surface area contributed by atoms with Gasteiger partial charge in [-0.15, -0.1) is 0 Å². The third-order valence-corrected chi connectivity index (χ3v) is 5.30. The molecule has 3 N–H and O–H groups in total. The minimum absolute atomic E-state index is 0.0782. The minimum Gasteiger partial charge on any atom is -0.507 e. The lowest BCUT2D eigenvalue weighted by atomic mass is 10.2. The average Bonchev–Trinajstić information content (AvgIpc) is 2.88. The van der Waals surface area contributed by atoms with E-state index in [2.05, 4.69) is 10.7 Å². The number of para-hydroxylation sites is 1. The molecule has 8 heteroatoms. The first-order valence-corrected chi connectivity index (χ1v) is 9.18. The van der Waals surface area contributed by atoms with Gasteiger partial charge in [-0.3, -0.25) is 15.0 Å². The Bertz CT molecular complexity index is 872. The molecule has 2 aromatic carbocycles. The van der Waals surface area contributed by atoms with Crippen LogP contribution < -0.4 is 10.7 Å². The summed E-state index contributed by atoms with van der Waals surface area (Å²) >= 11 is 6.43. The molecule has 1 heterocycles. The lowest BCUT2D eigenvalue weighted by Crippen LogP contribution is -2.46. The fraction of sp³-hybridized carbons (Fsp3) is 0.167. The maximum Gasteiger partial charge on any atom is 0.273 e. The van der Waals surface area contributed by atoms with Crippen LogP contribution in [0.3, 0.4) is 0 Å². The van der Waals surface area contributed by atoms with Crippen molar-refractivity contribution in [2.24, 2.45) is 0 Å². The number of aryl methyl sites for hydroxylation is 1. The first-order chi connectivity index (χ1) is 12.5. The van der Waals surface area contributed by atoms with Crippen molar-refractivity contribution in [1.29, 1.82) is 0 Å². The van der Waals surface area contributed by atoms with Crippen LogP contribution in [0.25, 0.3) is 0 Å². The SMILES string of the molecule is Cc1cccc(NCC2SC(=S)N(NC(=O)c3ccccc3O)C2=O)c1. The summed E-state index contributed by atoms with van der Waals surface area (Å²) in [5.74, 6) is -1.05. The Morgan fingerprint density at radius 3 is 2.77 bits per heavy atom.